The molecule has 3 atom stereocenters. The van der Waals surface area contributed by atoms with Crippen molar-refractivity contribution in [1.82, 2.24) is 5.32 Å². The smallest absolute Gasteiger partial charge is 0.320 e. The Morgan fingerprint density at radius 2 is 2.16 bits per heavy atom. The van der Waals surface area contributed by atoms with Crippen LogP contribution in [0.15, 0.2) is 23.9 Å². The lowest BCUT2D eigenvalue weighted by Crippen LogP contribution is -2.57. The number of hydrogen-bond donors (Lipinski definition) is 2. The molecule has 0 aromatic rings. The molecule has 19 heavy (non-hydrogen) atoms. The summed E-state index contributed by atoms with van der Waals surface area (Å²) in [6, 6.07) is -3.48. The van der Waals surface area contributed by atoms with Crippen LogP contribution in [0.25, 0.3) is 0 Å². The summed E-state index contributed by atoms with van der Waals surface area (Å²) < 4.78 is 14.4. The van der Waals surface area contributed by atoms with Crippen LogP contribution in [0.3, 0.4) is 0 Å². The average molecular weight is 275 g/mol. The van der Waals surface area contributed by atoms with Crippen LogP contribution in [0.2, 0.25) is 0 Å². The van der Waals surface area contributed by atoms with Gasteiger partial charge in [0.15, 0.2) is 0 Å². The van der Waals surface area contributed by atoms with Gasteiger partial charge in [0.05, 0.1) is 11.0 Å². The quantitative estimate of drug-likeness (QED) is 0.412. The number of carbonyl (C=O) groups is 1. The van der Waals surface area contributed by atoms with E-state index < -0.39 is 39.4 Å². The Kier molecular flexibility index (Phi) is 3.95. The lowest BCUT2D eigenvalue weighted by molar-refractivity contribution is -0.529. The van der Waals surface area contributed by atoms with E-state index in [2.05, 4.69) is 0 Å². The minimum absolute atomic E-state index is 0.529. The summed E-state index contributed by atoms with van der Waals surface area (Å²) in [6.07, 6.45) is 1.86. The van der Waals surface area contributed by atoms with E-state index in [1.807, 2.05) is 5.32 Å². The molecule has 2 N–H and O–H groups in total. The van der Waals surface area contributed by atoms with Crippen molar-refractivity contribution >= 4 is 5.97 Å². The third kappa shape index (κ3) is 3.10. The molecule has 0 aromatic carbocycles. The molecule has 0 bridgehead atoms. The van der Waals surface area contributed by atoms with Gasteiger partial charge in [0.1, 0.15) is 6.04 Å². The fourth-order valence-corrected chi connectivity index (χ4v) is 1.51. The molecule has 10 heteroatoms. The molecule has 0 amide bonds. The number of nitrogens with zero attached hydrogens (tertiary/aromatic N) is 2. The number of aliphatic carboxylic acids is 1. The lowest BCUT2D eigenvalue weighted by atomic mass is 9.98. The maximum atomic E-state index is 14.4. The Morgan fingerprint density at radius 3 is 2.58 bits per heavy atom. The Labute approximate surface area is 105 Å². The number of allylic oxidation sites excluding steroid dienone is 1. The van der Waals surface area contributed by atoms with E-state index in [0.717, 1.165) is 13.0 Å². The van der Waals surface area contributed by atoms with Gasteiger partial charge in [-0.05, 0) is 13.0 Å². The summed E-state index contributed by atoms with van der Waals surface area (Å²) in [5, 5.41) is 31.8. The van der Waals surface area contributed by atoms with Crippen LogP contribution in [0.5, 0.6) is 0 Å². The van der Waals surface area contributed by atoms with Crippen molar-refractivity contribution in [2.75, 3.05) is 0 Å². The summed E-state index contributed by atoms with van der Waals surface area (Å²) in [5.41, 5.74) is -0.625. The summed E-state index contributed by atoms with van der Waals surface area (Å²) in [4.78, 5) is 29.9. The van der Waals surface area contributed by atoms with Crippen molar-refractivity contribution < 1.29 is 24.1 Å². The number of alkyl halides is 1. The predicted molar refractivity (Wildman–Crippen MR) is 59.1 cm³/mol. The van der Waals surface area contributed by atoms with E-state index >= 15 is 0 Å². The van der Waals surface area contributed by atoms with Crippen molar-refractivity contribution in [2.24, 2.45) is 0 Å². The van der Waals surface area contributed by atoms with Crippen LogP contribution < -0.4 is 5.32 Å². The van der Waals surface area contributed by atoms with Gasteiger partial charge in [-0.3, -0.25) is 30.3 Å². The highest BCUT2D eigenvalue weighted by Gasteiger charge is 2.49. The number of carboxylic acids is 1. The van der Waals surface area contributed by atoms with Gasteiger partial charge in [-0.15, -0.1) is 0 Å². The third-order valence-corrected chi connectivity index (χ3v) is 2.50. The van der Waals surface area contributed by atoms with Crippen LogP contribution in [0.4, 0.5) is 4.39 Å². The monoisotopic (exact) mass is 275 g/mol. The van der Waals surface area contributed by atoms with Crippen LogP contribution >= 0.6 is 0 Å². The molecule has 3 unspecified atom stereocenters. The number of hydrogen-bond acceptors (Lipinski definition) is 6. The molecule has 104 valence electrons. The third-order valence-electron chi connectivity index (χ3n) is 2.50. The van der Waals surface area contributed by atoms with Crippen molar-refractivity contribution in [2.45, 2.75) is 24.8 Å². The molecule has 9 nitrogen and oxygen atoms in total. The first kappa shape index (κ1) is 14.7. The Balaban J connectivity index is 3.08. The van der Waals surface area contributed by atoms with Crippen molar-refractivity contribution in [1.29, 1.82) is 0 Å². The minimum atomic E-state index is -2.80. The average Bonchev–Trinajstić information content (AvgIpc) is 2.27. The molecule has 1 rings (SSSR count). The van der Waals surface area contributed by atoms with Crippen LogP contribution in [-0.4, -0.2) is 38.8 Å². The maximum absolute atomic E-state index is 14.4. The summed E-state index contributed by atoms with van der Waals surface area (Å²) in [6.45, 7) is 1.10. The van der Waals surface area contributed by atoms with E-state index in [0.29, 0.717) is 12.2 Å². The first-order valence-corrected chi connectivity index (χ1v) is 5.05. The number of rotatable bonds is 5. The first-order chi connectivity index (χ1) is 8.67. The highest BCUT2D eigenvalue weighted by molar-refractivity contribution is 5.73. The van der Waals surface area contributed by atoms with Crippen molar-refractivity contribution in [3.05, 3.63) is 44.2 Å². The second-order valence-corrected chi connectivity index (χ2v) is 3.88. The molecule has 0 aromatic heterocycles. The van der Waals surface area contributed by atoms with Crippen molar-refractivity contribution in [3.63, 3.8) is 0 Å². The van der Waals surface area contributed by atoms with E-state index in [1.54, 1.807) is 0 Å². The summed E-state index contributed by atoms with van der Waals surface area (Å²) >= 11 is 0. The molecule has 0 fully saturated rings. The Hall–Kier alpha value is -2.36. The molecular formula is C9H10FN3O6. The lowest BCUT2D eigenvalue weighted by Gasteiger charge is -2.27. The largest absolute Gasteiger partial charge is 0.480 e. The number of nitrogens with one attached hydrogen (secondary N) is 1. The number of carboxylic acid groups (broad SMARTS) is 1. The van der Waals surface area contributed by atoms with Gasteiger partial charge in [0.25, 0.3) is 17.5 Å². The molecule has 0 radical (unpaired) electrons. The van der Waals surface area contributed by atoms with Crippen LogP contribution in [0, 0.1) is 20.2 Å². The summed E-state index contributed by atoms with van der Waals surface area (Å²) in [7, 11) is 0. The summed E-state index contributed by atoms with van der Waals surface area (Å²) in [5.74, 6) is -4.21. The first-order valence-electron chi connectivity index (χ1n) is 5.05. The molecule has 0 spiro atoms. The maximum Gasteiger partial charge on any atom is 0.320 e. The van der Waals surface area contributed by atoms with Crippen molar-refractivity contribution in [3.8, 4) is 0 Å². The second-order valence-electron chi connectivity index (χ2n) is 3.88. The topological polar surface area (TPSA) is 136 Å². The second kappa shape index (κ2) is 5.10. The predicted octanol–water partition coefficient (Wildman–Crippen LogP) is 0.0906. The molecule has 1 aliphatic carbocycles. The zero-order valence-electron chi connectivity index (χ0n) is 9.65. The highest BCUT2D eigenvalue weighted by Crippen LogP contribution is 2.26. The van der Waals surface area contributed by atoms with Gasteiger partial charge in [0, 0.05) is 11.0 Å². The zero-order valence-corrected chi connectivity index (χ0v) is 9.65. The molecule has 0 heterocycles. The standard InChI is InChI=1S/C9H10FN3O6/c1-5(8(14)15)11-9(10)3-2-6(12(16)17)4-7(9)13(18)19/h2-5,7,11H,1H3,(H,14,15). The molecule has 1 aliphatic rings. The molecule has 0 aliphatic heterocycles. The fourth-order valence-electron chi connectivity index (χ4n) is 1.51. The zero-order chi connectivity index (χ0) is 14.8. The van der Waals surface area contributed by atoms with Gasteiger partial charge >= 0.3 is 5.97 Å². The van der Waals surface area contributed by atoms with Gasteiger partial charge < -0.3 is 5.11 Å². The van der Waals surface area contributed by atoms with Gasteiger partial charge in [-0.1, -0.05) is 0 Å². The number of halogens is 1. The van der Waals surface area contributed by atoms with Gasteiger partial charge in [-0.25, -0.2) is 4.39 Å². The molecule has 0 saturated heterocycles. The van der Waals surface area contributed by atoms with Crippen LogP contribution in [0.1, 0.15) is 6.92 Å². The van der Waals surface area contributed by atoms with E-state index in [1.165, 1.54) is 0 Å². The van der Waals surface area contributed by atoms with E-state index in [4.69, 9.17) is 5.11 Å². The normalized spacial score (nSPS) is 27.5. The number of nitro groups is 2. The Morgan fingerprint density at radius 1 is 1.58 bits per heavy atom. The minimum Gasteiger partial charge on any atom is -0.480 e. The van der Waals surface area contributed by atoms with E-state index in [9.17, 15) is 29.4 Å². The van der Waals surface area contributed by atoms with E-state index in [-0.39, 0.29) is 0 Å². The fraction of sp³-hybridized carbons (Fsp3) is 0.444. The van der Waals surface area contributed by atoms with Gasteiger partial charge in [0.2, 0.25) is 0 Å². The van der Waals surface area contributed by atoms with Gasteiger partial charge in [-0.2, -0.15) is 0 Å². The highest BCUT2D eigenvalue weighted by atomic mass is 19.1. The SMILES string of the molecule is CC(NC1(F)C=CC([N+](=O)[O-])=CC1[N+](=O)[O-])C(=O)O. The molecule has 0 saturated carbocycles. The van der Waals surface area contributed by atoms with Crippen LogP contribution in [-0.2, 0) is 4.79 Å². The Bertz CT molecular complexity index is 490. The molecular weight excluding hydrogens is 265 g/mol.